The summed E-state index contributed by atoms with van der Waals surface area (Å²) in [6, 6.07) is 11.3. The van der Waals surface area contributed by atoms with E-state index in [0.29, 0.717) is 10.0 Å². The van der Waals surface area contributed by atoms with Crippen LogP contribution in [0, 0.1) is 5.82 Å². The minimum Gasteiger partial charge on any atom is -0.322 e. The first-order valence-electron chi connectivity index (χ1n) is 6.69. The molecule has 0 aliphatic carbocycles. The smallest absolute Gasteiger partial charge is 0.238 e. The third-order valence-corrected chi connectivity index (χ3v) is 3.63. The standard InChI is InChI=1S/C16H15Cl2FN2O/c1-10(11-2-4-12(17)5-3-11)20-9-16(22)21-15-8-13(18)6-7-14(15)19/h2-8,10,20H,9H2,1H3,(H,21,22)/t10-/m0/s1. The van der Waals surface area contributed by atoms with Gasteiger partial charge in [0.25, 0.3) is 0 Å². The van der Waals surface area contributed by atoms with E-state index in [9.17, 15) is 9.18 Å². The van der Waals surface area contributed by atoms with Gasteiger partial charge in [0.15, 0.2) is 0 Å². The molecule has 0 saturated heterocycles. The fraction of sp³-hybridized carbons (Fsp3) is 0.188. The van der Waals surface area contributed by atoms with E-state index < -0.39 is 5.82 Å². The number of hydrogen-bond acceptors (Lipinski definition) is 2. The highest BCUT2D eigenvalue weighted by Gasteiger charge is 2.10. The van der Waals surface area contributed by atoms with E-state index >= 15 is 0 Å². The van der Waals surface area contributed by atoms with Crippen LogP contribution in [0.1, 0.15) is 18.5 Å². The quantitative estimate of drug-likeness (QED) is 0.845. The fourth-order valence-electron chi connectivity index (χ4n) is 1.90. The highest BCUT2D eigenvalue weighted by Crippen LogP contribution is 2.19. The van der Waals surface area contributed by atoms with Crippen molar-refractivity contribution in [2.45, 2.75) is 13.0 Å². The number of rotatable bonds is 5. The summed E-state index contributed by atoms with van der Waals surface area (Å²) >= 11 is 11.6. The van der Waals surface area contributed by atoms with E-state index in [1.165, 1.54) is 18.2 Å². The Labute approximate surface area is 138 Å². The summed E-state index contributed by atoms with van der Waals surface area (Å²) in [7, 11) is 0. The molecule has 0 aliphatic heterocycles. The number of carbonyl (C=O) groups excluding carboxylic acids is 1. The largest absolute Gasteiger partial charge is 0.322 e. The molecule has 0 fully saturated rings. The zero-order valence-corrected chi connectivity index (χ0v) is 13.4. The van der Waals surface area contributed by atoms with Gasteiger partial charge < -0.3 is 10.6 Å². The minimum atomic E-state index is -0.525. The van der Waals surface area contributed by atoms with E-state index in [4.69, 9.17) is 23.2 Å². The van der Waals surface area contributed by atoms with Crippen LogP contribution in [0.5, 0.6) is 0 Å². The molecule has 0 aliphatic rings. The zero-order chi connectivity index (χ0) is 16.1. The molecule has 0 spiro atoms. The molecule has 0 bridgehead atoms. The Balaban J connectivity index is 1.89. The first-order chi connectivity index (χ1) is 10.5. The van der Waals surface area contributed by atoms with Crippen LogP contribution < -0.4 is 10.6 Å². The van der Waals surface area contributed by atoms with Gasteiger partial charge in [0.05, 0.1) is 12.2 Å². The van der Waals surface area contributed by atoms with Crippen molar-refractivity contribution in [1.29, 1.82) is 0 Å². The summed E-state index contributed by atoms with van der Waals surface area (Å²) in [6.45, 7) is 1.98. The number of amides is 1. The van der Waals surface area contributed by atoms with Gasteiger partial charge in [-0.2, -0.15) is 0 Å². The summed E-state index contributed by atoms with van der Waals surface area (Å²) < 4.78 is 13.5. The molecule has 6 heteroatoms. The second-order valence-electron chi connectivity index (χ2n) is 4.83. The van der Waals surface area contributed by atoms with Gasteiger partial charge in [-0.3, -0.25) is 4.79 Å². The maximum absolute atomic E-state index is 13.5. The number of hydrogen-bond donors (Lipinski definition) is 2. The Morgan fingerprint density at radius 1 is 1.14 bits per heavy atom. The molecule has 2 aromatic rings. The molecule has 0 unspecified atom stereocenters. The Kier molecular flexibility index (Phi) is 5.77. The zero-order valence-electron chi connectivity index (χ0n) is 11.9. The number of halogens is 3. The molecule has 0 heterocycles. The van der Waals surface area contributed by atoms with E-state index in [2.05, 4.69) is 10.6 Å². The molecular weight excluding hydrogens is 326 g/mol. The highest BCUT2D eigenvalue weighted by atomic mass is 35.5. The molecule has 0 saturated carbocycles. The number of nitrogens with one attached hydrogen (secondary N) is 2. The van der Waals surface area contributed by atoms with Crippen molar-refractivity contribution in [2.75, 3.05) is 11.9 Å². The topological polar surface area (TPSA) is 41.1 Å². The molecular formula is C16H15Cl2FN2O. The number of carbonyl (C=O) groups is 1. The number of benzene rings is 2. The van der Waals surface area contributed by atoms with Gasteiger partial charge in [-0.25, -0.2) is 4.39 Å². The first kappa shape index (κ1) is 16.7. The van der Waals surface area contributed by atoms with Gasteiger partial charge in [-0.05, 0) is 42.8 Å². The van der Waals surface area contributed by atoms with Crippen molar-refractivity contribution in [1.82, 2.24) is 5.32 Å². The van der Waals surface area contributed by atoms with Crippen LogP contribution in [-0.4, -0.2) is 12.5 Å². The molecule has 2 rings (SSSR count). The average Bonchev–Trinajstić information content (AvgIpc) is 2.49. The molecule has 1 atom stereocenters. The molecule has 0 radical (unpaired) electrons. The minimum absolute atomic E-state index is 0.0350. The first-order valence-corrected chi connectivity index (χ1v) is 7.45. The lowest BCUT2D eigenvalue weighted by Crippen LogP contribution is -2.30. The van der Waals surface area contributed by atoms with Gasteiger partial charge in [-0.15, -0.1) is 0 Å². The van der Waals surface area contributed by atoms with Gasteiger partial charge in [0.1, 0.15) is 5.82 Å². The summed E-state index contributed by atoms with van der Waals surface area (Å²) in [6.07, 6.45) is 0. The Morgan fingerprint density at radius 2 is 1.77 bits per heavy atom. The normalized spacial score (nSPS) is 12.0. The lowest BCUT2D eigenvalue weighted by atomic mass is 10.1. The van der Waals surface area contributed by atoms with Crippen molar-refractivity contribution in [3.8, 4) is 0 Å². The molecule has 2 aromatic carbocycles. The predicted molar refractivity (Wildman–Crippen MR) is 87.9 cm³/mol. The maximum Gasteiger partial charge on any atom is 0.238 e. The second kappa shape index (κ2) is 7.58. The third-order valence-electron chi connectivity index (χ3n) is 3.14. The summed E-state index contributed by atoms with van der Waals surface area (Å²) in [5.41, 5.74) is 1.07. The molecule has 3 nitrogen and oxygen atoms in total. The second-order valence-corrected chi connectivity index (χ2v) is 5.70. The molecule has 1 amide bonds. The average molecular weight is 341 g/mol. The van der Waals surface area contributed by atoms with Gasteiger partial charge in [0.2, 0.25) is 5.91 Å². The van der Waals surface area contributed by atoms with Crippen LogP contribution in [0.25, 0.3) is 0 Å². The Bertz CT molecular complexity index is 662. The summed E-state index contributed by atoms with van der Waals surface area (Å²) in [5.74, 6) is -0.870. The van der Waals surface area contributed by atoms with Gasteiger partial charge in [0, 0.05) is 16.1 Å². The van der Waals surface area contributed by atoms with Crippen LogP contribution in [-0.2, 0) is 4.79 Å². The van der Waals surface area contributed by atoms with Crippen LogP contribution >= 0.6 is 23.2 Å². The fourth-order valence-corrected chi connectivity index (χ4v) is 2.20. The van der Waals surface area contributed by atoms with Crippen LogP contribution in [0.3, 0.4) is 0 Å². The molecule has 22 heavy (non-hydrogen) atoms. The Morgan fingerprint density at radius 3 is 2.45 bits per heavy atom. The van der Waals surface area contributed by atoms with Crippen molar-refractivity contribution in [3.63, 3.8) is 0 Å². The van der Waals surface area contributed by atoms with E-state index in [-0.39, 0.29) is 24.2 Å². The van der Waals surface area contributed by atoms with Crippen molar-refractivity contribution in [2.24, 2.45) is 0 Å². The van der Waals surface area contributed by atoms with Crippen molar-refractivity contribution < 1.29 is 9.18 Å². The third kappa shape index (κ3) is 4.70. The lowest BCUT2D eigenvalue weighted by molar-refractivity contribution is -0.115. The SMILES string of the molecule is C[C@H](NCC(=O)Nc1cc(Cl)ccc1F)c1ccc(Cl)cc1. The molecule has 116 valence electrons. The number of anilines is 1. The van der Waals surface area contributed by atoms with E-state index in [1.54, 1.807) is 12.1 Å². The molecule has 0 aromatic heterocycles. The summed E-state index contributed by atoms with van der Waals surface area (Å²) in [5, 5.41) is 6.56. The van der Waals surface area contributed by atoms with Crippen molar-refractivity contribution >= 4 is 34.8 Å². The summed E-state index contributed by atoms with van der Waals surface area (Å²) in [4.78, 5) is 11.9. The van der Waals surface area contributed by atoms with Crippen LogP contribution in [0.4, 0.5) is 10.1 Å². The van der Waals surface area contributed by atoms with E-state index in [1.807, 2.05) is 19.1 Å². The van der Waals surface area contributed by atoms with Crippen LogP contribution in [0.15, 0.2) is 42.5 Å². The monoisotopic (exact) mass is 340 g/mol. The van der Waals surface area contributed by atoms with Crippen molar-refractivity contribution in [3.05, 3.63) is 63.9 Å². The van der Waals surface area contributed by atoms with Gasteiger partial charge in [-0.1, -0.05) is 35.3 Å². The Hall–Kier alpha value is -1.62. The predicted octanol–water partition coefficient (Wildman–Crippen LogP) is 4.42. The maximum atomic E-state index is 13.5. The van der Waals surface area contributed by atoms with E-state index in [0.717, 1.165) is 5.56 Å². The highest BCUT2D eigenvalue weighted by molar-refractivity contribution is 6.31. The van der Waals surface area contributed by atoms with Gasteiger partial charge >= 0.3 is 0 Å². The van der Waals surface area contributed by atoms with Crippen LogP contribution in [0.2, 0.25) is 10.0 Å². The lowest BCUT2D eigenvalue weighted by Gasteiger charge is -2.14. The molecule has 2 N–H and O–H groups in total.